The molecule has 0 saturated carbocycles. The molecule has 0 fully saturated rings. The van der Waals surface area contributed by atoms with Crippen molar-refractivity contribution in [2.24, 2.45) is 5.41 Å². The number of hydrogen-bond acceptors (Lipinski definition) is 12. The maximum absolute atomic E-state index is 12.3. The molecular weight excluding hydrogens is 636 g/mol. The van der Waals surface area contributed by atoms with Crippen molar-refractivity contribution in [2.75, 3.05) is 27.9 Å². The van der Waals surface area contributed by atoms with Crippen molar-refractivity contribution >= 4 is 21.9 Å². The van der Waals surface area contributed by atoms with Crippen molar-refractivity contribution in [1.29, 1.82) is 0 Å². The monoisotopic (exact) mass is 684 g/mol. The number of ether oxygens (including phenoxy) is 4. The molecule has 2 aromatic heterocycles. The van der Waals surface area contributed by atoms with Gasteiger partial charge in [-0.25, -0.2) is 9.59 Å². The quantitative estimate of drug-likeness (QED) is 0.132. The molecule has 2 heterocycles. The van der Waals surface area contributed by atoms with Crippen LogP contribution in [0.1, 0.15) is 59.1 Å². The normalized spacial score (nSPS) is 16.2. The van der Waals surface area contributed by atoms with E-state index in [9.17, 15) is 30.0 Å². The maximum Gasteiger partial charge on any atom is 0.336 e. The van der Waals surface area contributed by atoms with Crippen molar-refractivity contribution < 1.29 is 48.2 Å². The number of rotatable bonds is 15. The first kappa shape index (κ1) is 37.9. The number of benzene rings is 2. The molecule has 4 aromatic rings. The van der Waals surface area contributed by atoms with E-state index in [-0.39, 0.29) is 36.4 Å². The predicted molar refractivity (Wildman–Crippen MR) is 184 cm³/mol. The highest BCUT2D eigenvalue weighted by molar-refractivity contribution is 5.88. The van der Waals surface area contributed by atoms with Crippen LogP contribution in [0.15, 0.2) is 60.9 Å². The fourth-order valence-corrected chi connectivity index (χ4v) is 5.83. The highest BCUT2D eigenvalue weighted by Gasteiger charge is 2.45. The summed E-state index contributed by atoms with van der Waals surface area (Å²) in [5.74, 6) is 1.04. The summed E-state index contributed by atoms with van der Waals surface area (Å²) in [5, 5.41) is 47.4. The standard InChI is InChI=1S/C37H48O12/c1-34(2,35(3,4)41)20-47-29(17-24-25(44-7)13-10-21-11-14-30(39)48-32(21)24)37(6,43)19-36(5,42)28(38)16-23-27(46-9)18-26(45-8)22-12-15-31(40)49-33(22)23/h10-15,18,28-29,38,41-43H,16-17,19-20H2,1-9H3/t28-,29+,36-,37+/m1/s1. The average molecular weight is 685 g/mol. The zero-order chi connectivity index (χ0) is 36.5. The summed E-state index contributed by atoms with van der Waals surface area (Å²) in [7, 11) is 4.35. The van der Waals surface area contributed by atoms with E-state index in [1.807, 2.05) is 13.8 Å². The van der Waals surface area contributed by atoms with Gasteiger partial charge < -0.3 is 48.2 Å². The lowest BCUT2D eigenvalue weighted by atomic mass is 9.77. The number of aliphatic hydroxyl groups is 4. The average Bonchev–Trinajstić information content (AvgIpc) is 3.01. The van der Waals surface area contributed by atoms with E-state index in [1.54, 1.807) is 44.2 Å². The van der Waals surface area contributed by atoms with Crippen LogP contribution in [0.5, 0.6) is 17.2 Å². The molecule has 4 atom stereocenters. The fourth-order valence-electron chi connectivity index (χ4n) is 5.83. The molecule has 0 aliphatic carbocycles. The Morgan fingerprint density at radius 2 is 1.24 bits per heavy atom. The Kier molecular flexibility index (Phi) is 10.9. The minimum Gasteiger partial charge on any atom is -0.496 e. The van der Waals surface area contributed by atoms with Gasteiger partial charge in [-0.05, 0) is 52.0 Å². The Labute approximate surface area is 284 Å². The van der Waals surface area contributed by atoms with Gasteiger partial charge in [0.1, 0.15) is 28.4 Å². The highest BCUT2D eigenvalue weighted by Crippen LogP contribution is 2.40. The van der Waals surface area contributed by atoms with E-state index >= 15 is 0 Å². The molecule has 0 spiro atoms. The first-order valence-electron chi connectivity index (χ1n) is 16.0. The van der Waals surface area contributed by atoms with Crippen LogP contribution in [0.4, 0.5) is 0 Å². The third kappa shape index (κ3) is 8.11. The number of aliphatic hydroxyl groups excluding tert-OH is 1. The van der Waals surface area contributed by atoms with Crippen molar-refractivity contribution in [2.45, 2.75) is 89.8 Å². The summed E-state index contributed by atoms with van der Waals surface area (Å²) in [6, 6.07) is 10.8. The van der Waals surface area contributed by atoms with Gasteiger partial charge in [-0.3, -0.25) is 0 Å². The zero-order valence-corrected chi connectivity index (χ0v) is 29.6. The molecule has 0 unspecified atom stereocenters. The minimum absolute atomic E-state index is 0.00683. The van der Waals surface area contributed by atoms with Crippen LogP contribution in [-0.4, -0.2) is 77.4 Å². The van der Waals surface area contributed by atoms with Crippen molar-refractivity contribution in [3.63, 3.8) is 0 Å². The molecule has 12 heteroatoms. The second-order valence-electron chi connectivity index (χ2n) is 14.2. The minimum atomic E-state index is -1.95. The molecule has 0 aliphatic heterocycles. The molecule has 268 valence electrons. The van der Waals surface area contributed by atoms with Crippen LogP contribution in [-0.2, 0) is 17.6 Å². The molecule has 12 nitrogen and oxygen atoms in total. The van der Waals surface area contributed by atoms with Gasteiger partial charge in [-0.1, -0.05) is 13.8 Å². The summed E-state index contributed by atoms with van der Waals surface area (Å²) < 4.78 is 34.1. The Hall–Kier alpha value is -3.94. The summed E-state index contributed by atoms with van der Waals surface area (Å²) in [6.45, 7) is 9.82. The maximum atomic E-state index is 12.3. The third-order valence-electron chi connectivity index (χ3n) is 9.66. The van der Waals surface area contributed by atoms with E-state index in [2.05, 4.69) is 0 Å². The van der Waals surface area contributed by atoms with Gasteiger partial charge in [0.15, 0.2) is 0 Å². The molecule has 4 rings (SSSR count). The molecule has 0 saturated heterocycles. The largest absolute Gasteiger partial charge is 0.496 e. The zero-order valence-electron chi connectivity index (χ0n) is 29.6. The Morgan fingerprint density at radius 1 is 0.694 bits per heavy atom. The van der Waals surface area contributed by atoms with Gasteiger partial charge >= 0.3 is 11.3 Å². The number of methoxy groups -OCH3 is 3. The van der Waals surface area contributed by atoms with Gasteiger partial charge in [0.05, 0.1) is 62.3 Å². The van der Waals surface area contributed by atoms with E-state index in [0.717, 1.165) is 0 Å². The number of fused-ring (bicyclic) bond motifs is 2. The molecule has 0 radical (unpaired) electrons. The molecular formula is C37H48O12. The van der Waals surface area contributed by atoms with Crippen LogP contribution < -0.4 is 25.5 Å². The van der Waals surface area contributed by atoms with E-state index < -0.39 is 52.1 Å². The van der Waals surface area contributed by atoms with E-state index in [0.29, 0.717) is 33.4 Å². The molecule has 0 aliphatic rings. The lowest BCUT2D eigenvalue weighted by molar-refractivity contribution is -0.176. The van der Waals surface area contributed by atoms with Crippen molar-refractivity contribution in [1.82, 2.24) is 0 Å². The first-order chi connectivity index (χ1) is 22.7. The predicted octanol–water partition coefficient (Wildman–Crippen LogP) is 4.15. The van der Waals surface area contributed by atoms with Crippen LogP contribution in [0.25, 0.3) is 21.9 Å². The molecule has 2 aromatic carbocycles. The molecule has 4 N–H and O–H groups in total. The van der Waals surface area contributed by atoms with Crippen molar-refractivity contribution in [3.8, 4) is 17.2 Å². The van der Waals surface area contributed by atoms with Gasteiger partial charge in [-0.2, -0.15) is 0 Å². The smallest absolute Gasteiger partial charge is 0.336 e. The number of hydrogen-bond donors (Lipinski definition) is 4. The van der Waals surface area contributed by atoms with Gasteiger partial charge in [-0.15, -0.1) is 0 Å². The second-order valence-corrected chi connectivity index (χ2v) is 14.2. The summed E-state index contributed by atoms with van der Waals surface area (Å²) in [4.78, 5) is 24.5. The topological polar surface area (TPSA) is 178 Å². The van der Waals surface area contributed by atoms with Gasteiger partial charge in [0, 0.05) is 59.4 Å². The van der Waals surface area contributed by atoms with E-state index in [4.69, 9.17) is 27.8 Å². The second kappa shape index (κ2) is 14.1. The van der Waals surface area contributed by atoms with Crippen LogP contribution in [0.2, 0.25) is 0 Å². The molecule has 49 heavy (non-hydrogen) atoms. The Bertz CT molecular complexity index is 1890. The Morgan fingerprint density at radius 3 is 1.84 bits per heavy atom. The summed E-state index contributed by atoms with van der Waals surface area (Å²) >= 11 is 0. The highest BCUT2D eigenvalue weighted by atomic mass is 16.5. The lowest BCUT2D eigenvalue weighted by Crippen LogP contribution is -2.54. The van der Waals surface area contributed by atoms with Gasteiger partial charge in [0.2, 0.25) is 0 Å². The van der Waals surface area contributed by atoms with Crippen molar-refractivity contribution in [3.05, 3.63) is 74.4 Å². The third-order valence-corrected chi connectivity index (χ3v) is 9.66. The SMILES string of the molecule is COc1ccc2ccc(=O)oc2c1C[C@H](OCC(C)(C)C(C)(C)O)[C@@](C)(O)C[C@@](C)(O)[C@H](O)Cc1c(OC)cc(OC)c2ccc(=O)oc12. The summed E-state index contributed by atoms with van der Waals surface area (Å²) in [6.07, 6.45) is -3.23. The van der Waals surface area contributed by atoms with Crippen LogP contribution in [0, 0.1) is 5.41 Å². The van der Waals surface area contributed by atoms with E-state index in [1.165, 1.54) is 47.3 Å². The molecule has 0 amide bonds. The van der Waals surface area contributed by atoms with Crippen LogP contribution in [0.3, 0.4) is 0 Å². The fraction of sp³-hybridized carbons (Fsp3) is 0.514. The lowest BCUT2D eigenvalue weighted by Gasteiger charge is -2.43. The molecule has 0 bridgehead atoms. The van der Waals surface area contributed by atoms with Gasteiger partial charge in [0.25, 0.3) is 0 Å². The van der Waals surface area contributed by atoms with Crippen LogP contribution >= 0.6 is 0 Å². The first-order valence-corrected chi connectivity index (χ1v) is 16.0. The Balaban J connectivity index is 1.74. The summed E-state index contributed by atoms with van der Waals surface area (Å²) in [5.41, 5.74) is -5.76.